The molecule has 5 nitrogen and oxygen atoms in total. The zero-order chi connectivity index (χ0) is 22.0. The number of fused-ring (bicyclic) bond motifs is 1. The molecule has 160 valence electrons. The Morgan fingerprint density at radius 2 is 1.68 bits per heavy atom. The fourth-order valence-corrected chi connectivity index (χ4v) is 5.04. The zero-order valence-corrected chi connectivity index (χ0v) is 18.5. The van der Waals surface area contributed by atoms with Gasteiger partial charge in [0.25, 0.3) is 15.9 Å². The molecule has 0 fully saturated rings. The summed E-state index contributed by atoms with van der Waals surface area (Å²) in [7, 11) is -3.73. The number of hydrogen-bond donors (Lipinski definition) is 2. The predicted octanol–water partition coefficient (Wildman–Crippen LogP) is 4.78. The molecule has 0 aromatic heterocycles. The lowest BCUT2D eigenvalue weighted by atomic mass is 10.0. The second kappa shape index (κ2) is 8.55. The lowest BCUT2D eigenvalue weighted by Gasteiger charge is -2.17. The van der Waals surface area contributed by atoms with E-state index in [0.29, 0.717) is 11.3 Å². The third-order valence-electron chi connectivity index (χ3n) is 5.77. The number of amides is 1. The van der Waals surface area contributed by atoms with Crippen LogP contribution in [0.25, 0.3) is 0 Å². The van der Waals surface area contributed by atoms with E-state index in [1.165, 1.54) is 29.7 Å². The van der Waals surface area contributed by atoms with Crippen molar-refractivity contribution in [3.63, 3.8) is 0 Å². The summed E-state index contributed by atoms with van der Waals surface area (Å²) in [6.07, 6.45) is 3.40. The maximum Gasteiger partial charge on any atom is 0.261 e. The highest BCUT2D eigenvalue weighted by molar-refractivity contribution is 7.92. The number of benzene rings is 3. The van der Waals surface area contributed by atoms with Crippen LogP contribution in [0.15, 0.2) is 71.6 Å². The van der Waals surface area contributed by atoms with Crippen molar-refractivity contribution in [1.29, 1.82) is 0 Å². The number of nitrogens with one attached hydrogen (secondary N) is 2. The van der Waals surface area contributed by atoms with Crippen molar-refractivity contribution in [2.45, 2.75) is 44.0 Å². The van der Waals surface area contributed by atoms with Crippen LogP contribution >= 0.6 is 0 Å². The number of hydrogen-bond acceptors (Lipinski definition) is 3. The van der Waals surface area contributed by atoms with E-state index in [-0.39, 0.29) is 16.8 Å². The van der Waals surface area contributed by atoms with Gasteiger partial charge in [0.15, 0.2) is 0 Å². The van der Waals surface area contributed by atoms with Crippen molar-refractivity contribution in [3.8, 4) is 0 Å². The van der Waals surface area contributed by atoms with Crippen LogP contribution in [0.1, 0.15) is 52.0 Å². The fourth-order valence-electron chi connectivity index (χ4n) is 3.90. The van der Waals surface area contributed by atoms with E-state index in [4.69, 9.17) is 0 Å². The van der Waals surface area contributed by atoms with E-state index in [0.717, 1.165) is 24.0 Å². The highest BCUT2D eigenvalue weighted by Crippen LogP contribution is 2.26. The van der Waals surface area contributed by atoms with Crippen molar-refractivity contribution in [2.75, 3.05) is 4.72 Å². The molecular weight excluding hydrogens is 408 g/mol. The molecule has 0 aliphatic heterocycles. The third-order valence-corrected chi connectivity index (χ3v) is 7.15. The summed E-state index contributed by atoms with van der Waals surface area (Å²) in [4.78, 5) is 13.0. The Morgan fingerprint density at radius 1 is 0.935 bits per heavy atom. The first-order valence-corrected chi connectivity index (χ1v) is 11.9. The summed E-state index contributed by atoms with van der Waals surface area (Å²) in [6, 6.07) is 19.5. The minimum absolute atomic E-state index is 0.149. The zero-order valence-electron chi connectivity index (χ0n) is 17.7. The Labute approximate surface area is 183 Å². The Kier molecular flexibility index (Phi) is 5.83. The first-order valence-electron chi connectivity index (χ1n) is 10.4. The molecule has 1 aliphatic carbocycles. The molecule has 0 radical (unpaired) electrons. The number of anilines is 1. The molecule has 1 atom stereocenters. The summed E-state index contributed by atoms with van der Waals surface area (Å²) in [5.74, 6) is -0.242. The van der Waals surface area contributed by atoms with Crippen LogP contribution in [-0.4, -0.2) is 14.3 Å². The van der Waals surface area contributed by atoms with Gasteiger partial charge in [-0.3, -0.25) is 9.52 Å². The SMILES string of the molecule is Cc1ccc(C(=O)N[C@H](C)c2ccc3c(c2)CCC3)cc1NS(=O)(=O)c1ccccc1. The van der Waals surface area contributed by atoms with E-state index < -0.39 is 10.0 Å². The van der Waals surface area contributed by atoms with Gasteiger partial charge in [0.2, 0.25) is 0 Å². The lowest BCUT2D eigenvalue weighted by Crippen LogP contribution is -2.27. The average Bonchev–Trinajstić information content (AvgIpc) is 3.23. The van der Waals surface area contributed by atoms with E-state index in [9.17, 15) is 13.2 Å². The molecule has 31 heavy (non-hydrogen) atoms. The monoisotopic (exact) mass is 434 g/mol. The smallest absolute Gasteiger partial charge is 0.261 e. The molecule has 0 bridgehead atoms. The largest absolute Gasteiger partial charge is 0.346 e. The highest BCUT2D eigenvalue weighted by Gasteiger charge is 2.18. The lowest BCUT2D eigenvalue weighted by molar-refractivity contribution is 0.0940. The van der Waals surface area contributed by atoms with Crippen molar-refractivity contribution >= 4 is 21.6 Å². The van der Waals surface area contributed by atoms with Crippen LogP contribution in [0, 0.1) is 6.92 Å². The van der Waals surface area contributed by atoms with E-state index in [1.54, 1.807) is 43.3 Å². The quantitative estimate of drug-likeness (QED) is 0.586. The van der Waals surface area contributed by atoms with Crippen molar-refractivity contribution < 1.29 is 13.2 Å². The molecule has 3 aromatic rings. The molecule has 0 saturated carbocycles. The van der Waals surface area contributed by atoms with Gasteiger partial charge in [-0.15, -0.1) is 0 Å². The Balaban J connectivity index is 1.51. The van der Waals surface area contributed by atoms with Crippen LogP contribution in [-0.2, 0) is 22.9 Å². The average molecular weight is 435 g/mol. The Morgan fingerprint density at radius 3 is 2.45 bits per heavy atom. The number of sulfonamides is 1. The molecular formula is C25H26N2O3S. The van der Waals surface area contributed by atoms with Gasteiger partial charge in [0.1, 0.15) is 0 Å². The van der Waals surface area contributed by atoms with E-state index >= 15 is 0 Å². The molecule has 1 aliphatic rings. The summed E-state index contributed by atoms with van der Waals surface area (Å²) in [6.45, 7) is 3.76. The maximum atomic E-state index is 12.9. The minimum atomic E-state index is -3.73. The van der Waals surface area contributed by atoms with Gasteiger partial charge in [0, 0.05) is 5.56 Å². The number of carbonyl (C=O) groups excluding carboxylic acids is 1. The normalized spacial score (nSPS) is 14.0. The summed E-state index contributed by atoms with van der Waals surface area (Å²) in [5.41, 5.74) is 5.38. The van der Waals surface area contributed by atoms with Crippen LogP contribution in [0.4, 0.5) is 5.69 Å². The molecule has 3 aromatic carbocycles. The van der Waals surface area contributed by atoms with Gasteiger partial charge in [-0.25, -0.2) is 8.42 Å². The molecule has 4 rings (SSSR count). The number of aryl methyl sites for hydroxylation is 3. The highest BCUT2D eigenvalue weighted by atomic mass is 32.2. The van der Waals surface area contributed by atoms with Crippen LogP contribution in [0.5, 0.6) is 0 Å². The van der Waals surface area contributed by atoms with E-state index in [1.807, 2.05) is 6.92 Å². The summed E-state index contributed by atoms with van der Waals surface area (Å²) < 4.78 is 28.0. The topological polar surface area (TPSA) is 75.3 Å². The Bertz CT molecular complexity index is 1220. The van der Waals surface area contributed by atoms with Gasteiger partial charge in [-0.2, -0.15) is 0 Å². The van der Waals surface area contributed by atoms with Gasteiger partial charge in [-0.1, -0.05) is 42.5 Å². The molecule has 0 saturated heterocycles. The van der Waals surface area contributed by atoms with E-state index in [2.05, 4.69) is 28.2 Å². The first-order chi connectivity index (χ1) is 14.8. The first kappa shape index (κ1) is 21.1. The summed E-state index contributed by atoms with van der Waals surface area (Å²) >= 11 is 0. The van der Waals surface area contributed by atoms with Crippen LogP contribution in [0.2, 0.25) is 0 Å². The molecule has 6 heteroatoms. The molecule has 0 heterocycles. The molecule has 0 unspecified atom stereocenters. The second-order valence-corrected chi connectivity index (χ2v) is 9.71. The third kappa shape index (κ3) is 4.64. The second-order valence-electron chi connectivity index (χ2n) is 8.03. The van der Waals surface area contributed by atoms with Gasteiger partial charge in [-0.05, 0) is 79.6 Å². The van der Waals surface area contributed by atoms with Crippen molar-refractivity contribution in [3.05, 3.63) is 94.5 Å². The van der Waals surface area contributed by atoms with Gasteiger partial charge < -0.3 is 5.32 Å². The minimum Gasteiger partial charge on any atom is -0.346 e. The van der Waals surface area contributed by atoms with Crippen molar-refractivity contribution in [1.82, 2.24) is 5.32 Å². The predicted molar refractivity (Wildman–Crippen MR) is 123 cm³/mol. The number of carbonyl (C=O) groups is 1. The molecule has 1 amide bonds. The standard InChI is InChI=1S/C25H26N2O3S/c1-17-11-12-22(16-24(17)27-31(29,30)23-9-4-3-5-10-23)25(28)26-18(2)20-14-13-19-7-6-8-21(19)15-20/h3-5,9-16,18,27H,6-8H2,1-2H3,(H,26,28)/t18-/m1/s1. The van der Waals surface area contributed by atoms with Crippen LogP contribution < -0.4 is 10.0 Å². The molecule has 2 N–H and O–H groups in total. The number of rotatable bonds is 6. The maximum absolute atomic E-state index is 12.9. The summed E-state index contributed by atoms with van der Waals surface area (Å²) in [5, 5.41) is 3.03. The fraction of sp³-hybridized carbons (Fsp3) is 0.240. The van der Waals surface area contributed by atoms with Crippen molar-refractivity contribution in [2.24, 2.45) is 0 Å². The van der Waals surface area contributed by atoms with Crippen LogP contribution in [0.3, 0.4) is 0 Å². The van der Waals surface area contributed by atoms with Gasteiger partial charge in [0.05, 0.1) is 16.6 Å². The Hall–Kier alpha value is -3.12. The van der Waals surface area contributed by atoms with Gasteiger partial charge >= 0.3 is 0 Å². The molecule has 0 spiro atoms.